The number of aromatic hydroxyl groups is 1. The Morgan fingerprint density at radius 1 is 0.808 bits per heavy atom. The highest BCUT2D eigenvalue weighted by Gasteiger charge is 2.23. The zero-order chi connectivity index (χ0) is 19.0. The van der Waals surface area contributed by atoms with E-state index in [1.54, 1.807) is 0 Å². The highest BCUT2D eigenvalue weighted by Crippen LogP contribution is 2.29. The summed E-state index contributed by atoms with van der Waals surface area (Å²) >= 11 is 0. The summed E-state index contributed by atoms with van der Waals surface area (Å²) in [5.41, 5.74) is 3.74. The molecular weight excluding hydrogens is 332 g/mol. The van der Waals surface area contributed by atoms with Crippen LogP contribution in [0.2, 0.25) is 19.1 Å². The van der Waals surface area contributed by atoms with Gasteiger partial charge in [0.1, 0.15) is 5.75 Å². The van der Waals surface area contributed by atoms with Gasteiger partial charge < -0.3 is 5.11 Å². The largest absolute Gasteiger partial charge is 0.507 e. The third-order valence-electron chi connectivity index (χ3n) is 5.52. The van der Waals surface area contributed by atoms with E-state index in [9.17, 15) is 5.11 Å². The number of benzene rings is 2. The van der Waals surface area contributed by atoms with Gasteiger partial charge in [0.2, 0.25) is 0 Å². The van der Waals surface area contributed by atoms with Gasteiger partial charge in [-0.05, 0) is 54.8 Å². The molecule has 2 heteroatoms. The molecule has 0 atom stereocenters. The summed E-state index contributed by atoms with van der Waals surface area (Å²) in [4.78, 5) is 0. The van der Waals surface area contributed by atoms with Gasteiger partial charge in [-0.3, -0.25) is 0 Å². The Balaban J connectivity index is 2.19. The lowest BCUT2D eigenvalue weighted by atomic mass is 9.96. The van der Waals surface area contributed by atoms with E-state index in [-0.39, 0.29) is 0 Å². The first-order valence-electron chi connectivity index (χ1n) is 10.4. The van der Waals surface area contributed by atoms with Crippen LogP contribution in [0.25, 0.3) is 0 Å². The van der Waals surface area contributed by atoms with Crippen molar-refractivity contribution in [3.05, 3.63) is 59.2 Å². The Kier molecular flexibility index (Phi) is 7.96. The van der Waals surface area contributed by atoms with E-state index in [1.165, 1.54) is 29.6 Å². The minimum atomic E-state index is -1.42. The van der Waals surface area contributed by atoms with Crippen LogP contribution >= 0.6 is 0 Å². The van der Waals surface area contributed by atoms with Crippen LogP contribution in [0.5, 0.6) is 5.75 Å². The molecule has 0 saturated carbocycles. The molecule has 0 bridgehead atoms. The van der Waals surface area contributed by atoms with Gasteiger partial charge >= 0.3 is 0 Å². The van der Waals surface area contributed by atoms with Crippen molar-refractivity contribution in [1.82, 2.24) is 0 Å². The minimum absolute atomic E-state index is 0.565. The molecule has 0 saturated heterocycles. The van der Waals surface area contributed by atoms with Gasteiger partial charge in [0.25, 0.3) is 0 Å². The second-order valence-corrected chi connectivity index (χ2v) is 13.1. The van der Waals surface area contributed by atoms with Gasteiger partial charge in [-0.15, -0.1) is 0 Å². The van der Waals surface area contributed by atoms with Gasteiger partial charge in [0.05, 0.1) is 8.07 Å². The Bertz CT molecular complexity index is 647. The van der Waals surface area contributed by atoms with Gasteiger partial charge in [-0.2, -0.15) is 0 Å². The molecule has 2 aromatic rings. The summed E-state index contributed by atoms with van der Waals surface area (Å²) < 4.78 is 0. The van der Waals surface area contributed by atoms with Crippen LogP contribution in [0.1, 0.15) is 56.2 Å². The molecule has 0 aromatic heterocycles. The van der Waals surface area contributed by atoms with Crippen LogP contribution in [0, 0.1) is 0 Å². The maximum absolute atomic E-state index is 10.7. The SMILES string of the molecule is CCCCc1cc(CC[Si](C)(C)c2ccccc2)cc(CCCC)c1O. The predicted molar refractivity (Wildman–Crippen MR) is 117 cm³/mol. The average Bonchev–Trinajstić information content (AvgIpc) is 2.65. The molecule has 26 heavy (non-hydrogen) atoms. The lowest BCUT2D eigenvalue weighted by Crippen LogP contribution is -2.41. The summed E-state index contributed by atoms with van der Waals surface area (Å²) in [5.74, 6) is 0.565. The molecule has 0 aliphatic rings. The number of phenolic OH excluding ortho intramolecular Hbond substituents is 1. The number of aryl methyl sites for hydroxylation is 3. The molecule has 0 amide bonds. The fraction of sp³-hybridized carbons (Fsp3) is 0.500. The summed E-state index contributed by atoms with van der Waals surface area (Å²) in [7, 11) is -1.42. The molecule has 0 heterocycles. The number of phenols is 1. The van der Waals surface area contributed by atoms with Gasteiger partial charge in [0, 0.05) is 0 Å². The van der Waals surface area contributed by atoms with Crippen LogP contribution in [0.15, 0.2) is 42.5 Å². The van der Waals surface area contributed by atoms with Gasteiger partial charge in [-0.25, -0.2) is 0 Å². The standard InChI is InChI=1S/C24H36OSi/c1-5-7-12-21-18-20(19-22(24(21)25)13-8-6-2)16-17-26(3,4)23-14-10-9-11-15-23/h9-11,14-15,18-19,25H,5-8,12-13,16-17H2,1-4H3. The molecule has 0 unspecified atom stereocenters. The monoisotopic (exact) mass is 368 g/mol. The average molecular weight is 369 g/mol. The second kappa shape index (κ2) is 9.96. The van der Waals surface area contributed by atoms with Crippen molar-refractivity contribution in [2.24, 2.45) is 0 Å². The minimum Gasteiger partial charge on any atom is -0.507 e. The fourth-order valence-corrected chi connectivity index (χ4v) is 5.88. The molecule has 0 fully saturated rings. The van der Waals surface area contributed by atoms with Gasteiger partial charge in [-0.1, -0.05) is 87.4 Å². The first kappa shape index (κ1) is 20.8. The van der Waals surface area contributed by atoms with E-state index < -0.39 is 8.07 Å². The van der Waals surface area contributed by atoms with Crippen LogP contribution in [-0.2, 0) is 19.3 Å². The molecule has 0 radical (unpaired) electrons. The molecule has 0 aliphatic heterocycles. The molecule has 142 valence electrons. The molecule has 0 aliphatic carbocycles. The van der Waals surface area contributed by atoms with Crippen molar-refractivity contribution < 1.29 is 5.11 Å². The highest BCUT2D eigenvalue weighted by molar-refractivity contribution is 6.89. The summed E-state index contributed by atoms with van der Waals surface area (Å²) in [6, 6.07) is 16.8. The number of hydrogen-bond acceptors (Lipinski definition) is 1. The Labute approximate surface area is 161 Å². The molecule has 2 rings (SSSR count). The maximum atomic E-state index is 10.7. The molecule has 2 aromatic carbocycles. The van der Waals surface area contributed by atoms with Crippen molar-refractivity contribution in [1.29, 1.82) is 0 Å². The van der Waals surface area contributed by atoms with Crippen LogP contribution < -0.4 is 5.19 Å². The Morgan fingerprint density at radius 3 is 1.85 bits per heavy atom. The van der Waals surface area contributed by atoms with Crippen molar-refractivity contribution in [3.63, 3.8) is 0 Å². The molecular formula is C24H36OSi. The van der Waals surface area contributed by atoms with Crippen LogP contribution in [0.4, 0.5) is 0 Å². The maximum Gasteiger partial charge on any atom is 0.121 e. The second-order valence-electron chi connectivity index (χ2n) is 8.22. The zero-order valence-corrected chi connectivity index (χ0v) is 18.1. The van der Waals surface area contributed by atoms with E-state index in [0.29, 0.717) is 5.75 Å². The molecule has 0 spiro atoms. The third kappa shape index (κ3) is 5.74. The summed E-state index contributed by atoms with van der Waals surface area (Å²) in [6.45, 7) is 9.37. The zero-order valence-electron chi connectivity index (χ0n) is 17.1. The van der Waals surface area contributed by atoms with Crippen LogP contribution in [-0.4, -0.2) is 13.2 Å². The third-order valence-corrected chi connectivity index (χ3v) is 8.92. The Morgan fingerprint density at radius 2 is 1.35 bits per heavy atom. The van der Waals surface area contributed by atoms with Crippen molar-refractivity contribution in [2.75, 3.05) is 0 Å². The number of hydrogen-bond donors (Lipinski definition) is 1. The van der Waals surface area contributed by atoms with E-state index in [1.807, 2.05) is 0 Å². The predicted octanol–water partition coefficient (Wildman–Crippen LogP) is 6.24. The van der Waals surface area contributed by atoms with E-state index in [4.69, 9.17) is 0 Å². The van der Waals surface area contributed by atoms with E-state index >= 15 is 0 Å². The van der Waals surface area contributed by atoms with Crippen molar-refractivity contribution >= 4 is 13.3 Å². The highest BCUT2D eigenvalue weighted by atomic mass is 28.3. The van der Waals surface area contributed by atoms with Crippen molar-refractivity contribution in [3.8, 4) is 5.75 Å². The smallest absolute Gasteiger partial charge is 0.121 e. The fourth-order valence-electron chi connectivity index (χ4n) is 3.58. The van der Waals surface area contributed by atoms with Gasteiger partial charge in [0.15, 0.2) is 0 Å². The lowest BCUT2D eigenvalue weighted by molar-refractivity contribution is 0.458. The number of rotatable bonds is 10. The van der Waals surface area contributed by atoms with Crippen LogP contribution in [0.3, 0.4) is 0 Å². The summed E-state index contributed by atoms with van der Waals surface area (Å²) in [5, 5.41) is 12.2. The van der Waals surface area contributed by atoms with E-state index in [0.717, 1.165) is 43.2 Å². The van der Waals surface area contributed by atoms with E-state index in [2.05, 4.69) is 69.4 Å². The molecule has 1 N–H and O–H groups in total. The summed E-state index contributed by atoms with van der Waals surface area (Å²) in [6.07, 6.45) is 7.74. The Hall–Kier alpha value is -1.54. The lowest BCUT2D eigenvalue weighted by Gasteiger charge is -2.23. The molecule has 1 nitrogen and oxygen atoms in total. The normalized spacial score (nSPS) is 11.7. The number of unbranched alkanes of at least 4 members (excludes halogenated alkanes) is 2. The topological polar surface area (TPSA) is 20.2 Å². The first-order chi connectivity index (χ1) is 12.5. The van der Waals surface area contributed by atoms with Crippen molar-refractivity contribution in [2.45, 2.75) is 77.9 Å². The quantitative estimate of drug-likeness (QED) is 0.492. The first-order valence-corrected chi connectivity index (χ1v) is 13.6.